The van der Waals surface area contributed by atoms with Gasteiger partial charge in [-0.25, -0.2) is 9.97 Å². The van der Waals surface area contributed by atoms with E-state index in [1.807, 2.05) is 0 Å². The van der Waals surface area contributed by atoms with Gasteiger partial charge in [0.2, 0.25) is 0 Å². The Morgan fingerprint density at radius 3 is 1.84 bits per heavy atom. The third-order valence-corrected chi connectivity index (χ3v) is 9.72. The van der Waals surface area contributed by atoms with Crippen LogP contribution in [-0.2, 0) is 0 Å². The molecule has 0 saturated carbocycles. The van der Waals surface area contributed by atoms with Gasteiger partial charge in [0.1, 0.15) is 5.82 Å². The number of para-hydroxylation sites is 5. The zero-order valence-corrected chi connectivity index (χ0v) is 28.8. The van der Waals surface area contributed by atoms with E-state index in [0.29, 0.717) is 0 Å². The Morgan fingerprint density at radius 2 is 1.11 bits per heavy atom. The van der Waals surface area contributed by atoms with Gasteiger partial charge in [-0.1, -0.05) is 109 Å². The number of nitrogens with zero attached hydrogens (tertiary/aromatic N) is 7. The standard InChI is InChI=1S/C50H31N7/c1-2-14-32(15-3-1)39-30-47(56-41-22-9-4-16-33(41)34-17-5-10-23-42(34)56)54-50(53-39)37-20-12-25-46(55-40-21-8-6-18-35(40)38-31-51-29-27-44(38)55)49(37)57-43-24-11-7-19-36(43)48-45(57)26-13-28-52-48/h1-31H/i1D,2D,3D,4D,5D,6D,7D,8D,9D,10D,11D,14D,15D,16D,17D,18D,19D,21D,22D,23D,24D,30D. The molecule has 57 heavy (non-hydrogen) atoms. The third-order valence-electron chi connectivity index (χ3n) is 9.72. The molecule has 0 radical (unpaired) electrons. The van der Waals surface area contributed by atoms with Crippen molar-refractivity contribution in [2.75, 3.05) is 0 Å². The highest BCUT2D eigenvalue weighted by Crippen LogP contribution is 2.42. The highest BCUT2D eigenvalue weighted by atomic mass is 15.1. The highest BCUT2D eigenvalue weighted by Gasteiger charge is 2.25. The lowest BCUT2D eigenvalue weighted by Gasteiger charge is -2.20. The van der Waals surface area contributed by atoms with Crippen LogP contribution in [0, 0.1) is 0 Å². The monoisotopic (exact) mass is 751 g/mol. The van der Waals surface area contributed by atoms with Crippen LogP contribution in [0.25, 0.3) is 105 Å². The normalized spacial score (nSPS) is 17.3. The van der Waals surface area contributed by atoms with Gasteiger partial charge in [-0.2, -0.15) is 0 Å². The number of benzene rings is 6. The number of hydrogen-bond acceptors (Lipinski definition) is 4. The maximum atomic E-state index is 9.97. The largest absolute Gasteiger partial charge is 0.307 e. The Balaban J connectivity index is 1.37. The van der Waals surface area contributed by atoms with Gasteiger partial charge in [0.05, 0.1) is 85.8 Å². The van der Waals surface area contributed by atoms with Crippen molar-refractivity contribution >= 4 is 65.5 Å². The molecule has 0 fully saturated rings. The van der Waals surface area contributed by atoms with E-state index in [4.69, 9.17) is 29.2 Å². The fraction of sp³-hybridized carbons (Fsp3) is 0. The third kappa shape index (κ3) is 4.66. The van der Waals surface area contributed by atoms with Gasteiger partial charge < -0.3 is 9.13 Å². The van der Waals surface area contributed by atoms with Crippen LogP contribution in [0.2, 0.25) is 0 Å². The molecular weight excluding hydrogens is 699 g/mol. The van der Waals surface area contributed by atoms with Gasteiger partial charge >= 0.3 is 0 Å². The SMILES string of the molecule is [2H]c1c(-c2c([2H])c([2H])c([2H])c([2H])c2[2H])nc(-c2cccc(-n3c4ccncc4c4c([2H])c([2H])c([2H])c([2H])c43)c2-n2c3cccnc3c3c([2H])c([2H])c([2H])c([2H])c32)nc1-n1c2c([2H])c([2H])c([2H])c([2H])c2c2c([2H])c([2H])c([2H])c([2H])c21. The Labute approximate surface area is 357 Å². The minimum atomic E-state index is -0.861. The topological polar surface area (TPSA) is 66.3 Å². The minimum Gasteiger partial charge on any atom is -0.307 e. The molecular formula is C50H31N7. The summed E-state index contributed by atoms with van der Waals surface area (Å²) in [7, 11) is 0. The van der Waals surface area contributed by atoms with Gasteiger partial charge in [-0.3, -0.25) is 14.5 Å². The van der Waals surface area contributed by atoms with E-state index >= 15 is 0 Å². The van der Waals surface area contributed by atoms with Crippen molar-refractivity contribution in [2.45, 2.75) is 0 Å². The van der Waals surface area contributed by atoms with Crippen molar-refractivity contribution in [3.05, 3.63) is 188 Å². The first kappa shape index (κ1) is 16.9. The van der Waals surface area contributed by atoms with Crippen molar-refractivity contribution in [3.63, 3.8) is 0 Å². The summed E-state index contributed by atoms with van der Waals surface area (Å²) in [6.07, 6.45) is 4.23. The molecule has 6 aromatic carbocycles. The Bertz CT molecular complexity index is 4730. The van der Waals surface area contributed by atoms with Crippen LogP contribution in [0.5, 0.6) is 0 Å². The Kier molecular flexibility index (Phi) is 3.64. The van der Waals surface area contributed by atoms with Crippen LogP contribution in [0.1, 0.15) is 30.2 Å². The van der Waals surface area contributed by atoms with Crippen molar-refractivity contribution in [1.29, 1.82) is 0 Å². The Hall–Kier alpha value is -7.90. The predicted octanol–water partition coefficient (Wildman–Crippen LogP) is 11.9. The molecule has 266 valence electrons. The van der Waals surface area contributed by atoms with E-state index in [1.54, 1.807) is 12.1 Å². The van der Waals surface area contributed by atoms with Gasteiger partial charge in [0.15, 0.2) is 5.82 Å². The first-order valence-electron chi connectivity index (χ1n) is 28.3. The number of pyridine rings is 2. The first-order chi connectivity index (χ1) is 37.5. The molecule has 0 aliphatic carbocycles. The molecule has 0 spiro atoms. The van der Waals surface area contributed by atoms with E-state index in [-0.39, 0.29) is 60.7 Å². The molecule has 7 heteroatoms. The van der Waals surface area contributed by atoms with Crippen LogP contribution in [-0.4, -0.2) is 33.6 Å². The van der Waals surface area contributed by atoms with Crippen molar-refractivity contribution in [2.24, 2.45) is 0 Å². The summed E-state index contributed by atoms with van der Waals surface area (Å²) in [6, 6.07) is -6.64. The average molecular weight is 752 g/mol. The average Bonchev–Trinajstić information content (AvgIpc) is 3.33. The number of hydrogen-bond donors (Lipinski definition) is 0. The van der Waals surface area contributed by atoms with Crippen molar-refractivity contribution in [3.8, 4) is 39.8 Å². The van der Waals surface area contributed by atoms with E-state index in [9.17, 15) is 11.0 Å². The summed E-state index contributed by atoms with van der Waals surface area (Å²) >= 11 is 0. The summed E-state index contributed by atoms with van der Waals surface area (Å²) < 4.78 is 202. The lowest BCUT2D eigenvalue weighted by molar-refractivity contribution is 1.04. The van der Waals surface area contributed by atoms with Gasteiger partial charge in [-0.05, 0) is 54.5 Å². The minimum absolute atomic E-state index is 0.0216. The first-order valence-corrected chi connectivity index (χ1v) is 17.3. The summed E-state index contributed by atoms with van der Waals surface area (Å²) in [6.45, 7) is 0. The maximum absolute atomic E-state index is 9.97. The molecule has 0 aliphatic rings. The summed E-state index contributed by atoms with van der Waals surface area (Å²) in [4.78, 5) is 18.6. The molecule has 6 aromatic heterocycles. The highest BCUT2D eigenvalue weighted by molar-refractivity contribution is 6.12. The van der Waals surface area contributed by atoms with Crippen molar-refractivity contribution in [1.82, 2.24) is 33.6 Å². The van der Waals surface area contributed by atoms with Crippen LogP contribution >= 0.6 is 0 Å². The second-order valence-electron chi connectivity index (χ2n) is 12.7. The second-order valence-corrected chi connectivity index (χ2v) is 12.7. The predicted molar refractivity (Wildman–Crippen MR) is 232 cm³/mol. The van der Waals surface area contributed by atoms with Crippen LogP contribution in [0.3, 0.4) is 0 Å². The molecule has 12 rings (SSSR count). The fourth-order valence-electron chi connectivity index (χ4n) is 7.45. The van der Waals surface area contributed by atoms with E-state index in [0.717, 1.165) is 4.57 Å². The van der Waals surface area contributed by atoms with Crippen LogP contribution < -0.4 is 0 Å². The molecule has 0 bridgehead atoms. The van der Waals surface area contributed by atoms with E-state index in [1.165, 1.54) is 52.0 Å². The fourth-order valence-corrected chi connectivity index (χ4v) is 7.45. The van der Waals surface area contributed by atoms with Gasteiger partial charge in [-0.15, -0.1) is 0 Å². The van der Waals surface area contributed by atoms with Crippen LogP contribution in [0.15, 0.2) is 188 Å². The van der Waals surface area contributed by atoms with Gasteiger partial charge in [0.25, 0.3) is 0 Å². The second kappa shape index (κ2) is 12.3. The summed E-state index contributed by atoms with van der Waals surface area (Å²) in [5.41, 5.74) is -2.37. The quantitative estimate of drug-likeness (QED) is 0.176. The van der Waals surface area contributed by atoms with Crippen LogP contribution in [0.4, 0.5) is 0 Å². The van der Waals surface area contributed by atoms with Gasteiger partial charge in [0, 0.05) is 62.7 Å². The molecule has 0 saturated heterocycles. The molecule has 0 unspecified atom stereocenters. The molecule has 0 atom stereocenters. The maximum Gasteiger partial charge on any atom is 0.164 e. The molecule has 0 amide bonds. The molecule has 0 N–H and O–H groups in total. The number of aromatic nitrogens is 7. The van der Waals surface area contributed by atoms with Crippen molar-refractivity contribution < 1.29 is 30.2 Å². The summed E-state index contributed by atoms with van der Waals surface area (Å²) in [5, 5.41) is -0.578. The molecule has 7 nitrogen and oxygen atoms in total. The zero-order valence-electron chi connectivity index (χ0n) is 50.8. The van der Waals surface area contributed by atoms with E-state index in [2.05, 4.69) is 9.97 Å². The summed E-state index contributed by atoms with van der Waals surface area (Å²) in [5.74, 6) is -1.22. The smallest absolute Gasteiger partial charge is 0.164 e. The lowest BCUT2D eigenvalue weighted by atomic mass is 10.1. The zero-order chi connectivity index (χ0) is 56.6. The van der Waals surface area contributed by atoms with E-state index < -0.39 is 178 Å². The molecule has 0 aliphatic heterocycles. The molecule has 12 aromatic rings. The lowest BCUT2D eigenvalue weighted by Crippen LogP contribution is -2.08. The Morgan fingerprint density at radius 1 is 0.474 bits per heavy atom. The molecule has 6 heterocycles. The number of fused-ring (bicyclic) bond motifs is 9. The number of rotatable bonds is 5.